The maximum absolute atomic E-state index is 12.2. The number of para-hydroxylation sites is 2. The third kappa shape index (κ3) is 5.66. The molecule has 162 valence electrons. The Hall–Kier alpha value is -2.74. The molecule has 30 heavy (non-hydrogen) atoms. The van der Waals surface area contributed by atoms with Crippen LogP contribution in [0.5, 0.6) is 11.5 Å². The normalized spacial score (nSPS) is 15.5. The number of hydrogen-bond acceptors (Lipinski definition) is 5. The third-order valence-corrected chi connectivity index (χ3v) is 6.23. The van der Waals surface area contributed by atoms with Crippen LogP contribution in [0.15, 0.2) is 42.5 Å². The molecule has 1 aliphatic rings. The molecule has 0 unspecified atom stereocenters. The summed E-state index contributed by atoms with van der Waals surface area (Å²) in [6.07, 6.45) is 1.56. The number of ether oxygens (including phenoxy) is 2. The second-order valence-electron chi connectivity index (χ2n) is 7.51. The first-order chi connectivity index (χ1) is 14.2. The van der Waals surface area contributed by atoms with Gasteiger partial charge in [0.1, 0.15) is 12.7 Å². The van der Waals surface area contributed by atoms with Crippen molar-refractivity contribution in [1.29, 1.82) is 0 Å². The molecule has 0 aliphatic carbocycles. The molecule has 1 heterocycles. The molecule has 2 aromatic carbocycles. The maximum atomic E-state index is 12.2. The van der Waals surface area contributed by atoms with E-state index >= 15 is 0 Å². The van der Waals surface area contributed by atoms with Crippen LogP contribution in [-0.2, 0) is 14.8 Å². The van der Waals surface area contributed by atoms with Gasteiger partial charge in [0.2, 0.25) is 15.9 Å². The van der Waals surface area contributed by atoms with Crippen molar-refractivity contribution in [3.05, 3.63) is 53.6 Å². The van der Waals surface area contributed by atoms with E-state index in [0.717, 1.165) is 11.1 Å². The number of nitrogens with one attached hydrogen (secondary N) is 1. The molecule has 0 bridgehead atoms. The molecular formula is C22H28N2O5S. The van der Waals surface area contributed by atoms with Gasteiger partial charge in [0.15, 0.2) is 11.5 Å². The van der Waals surface area contributed by atoms with E-state index in [1.807, 2.05) is 50.2 Å². The van der Waals surface area contributed by atoms with Crippen LogP contribution in [0.1, 0.15) is 24.0 Å². The van der Waals surface area contributed by atoms with Crippen molar-refractivity contribution in [1.82, 2.24) is 5.32 Å². The van der Waals surface area contributed by atoms with E-state index in [4.69, 9.17) is 9.47 Å². The standard InChI is InChI=1S/C22H28N2O5S/c1-16-10-11-18(13-17(16)2)24(30(3,26)27)12-6-9-22(25)23-14-19-15-28-20-7-4-5-8-21(20)29-19/h4-5,7-8,10-11,13,19H,6,9,12,14-15H2,1-3H3,(H,23,25)/t19-/m1/s1. The summed E-state index contributed by atoms with van der Waals surface area (Å²) in [4.78, 5) is 12.2. The van der Waals surface area contributed by atoms with Crippen LogP contribution in [0.3, 0.4) is 0 Å². The molecule has 1 atom stereocenters. The second-order valence-corrected chi connectivity index (χ2v) is 9.42. The number of anilines is 1. The summed E-state index contributed by atoms with van der Waals surface area (Å²) >= 11 is 0. The number of nitrogens with zero attached hydrogens (tertiary/aromatic N) is 1. The Morgan fingerprint density at radius 1 is 1.13 bits per heavy atom. The first-order valence-electron chi connectivity index (χ1n) is 9.94. The van der Waals surface area contributed by atoms with Gasteiger partial charge in [-0.1, -0.05) is 18.2 Å². The van der Waals surface area contributed by atoms with Gasteiger partial charge in [0, 0.05) is 13.0 Å². The summed E-state index contributed by atoms with van der Waals surface area (Å²) in [6.45, 7) is 4.87. The van der Waals surface area contributed by atoms with E-state index in [-0.39, 0.29) is 25.0 Å². The predicted molar refractivity (Wildman–Crippen MR) is 117 cm³/mol. The van der Waals surface area contributed by atoms with Crippen LogP contribution in [0.4, 0.5) is 5.69 Å². The van der Waals surface area contributed by atoms with Crippen molar-refractivity contribution in [2.24, 2.45) is 0 Å². The molecule has 2 aromatic rings. The van der Waals surface area contributed by atoms with E-state index in [9.17, 15) is 13.2 Å². The molecule has 7 nitrogen and oxygen atoms in total. The van der Waals surface area contributed by atoms with Gasteiger partial charge in [0.05, 0.1) is 18.5 Å². The number of aryl methyl sites for hydroxylation is 2. The first kappa shape index (κ1) is 22.0. The lowest BCUT2D eigenvalue weighted by atomic mass is 10.1. The molecule has 8 heteroatoms. The van der Waals surface area contributed by atoms with Crippen LogP contribution >= 0.6 is 0 Å². The molecule has 0 saturated carbocycles. The largest absolute Gasteiger partial charge is 0.486 e. The minimum absolute atomic E-state index is 0.147. The van der Waals surface area contributed by atoms with Gasteiger partial charge in [0.25, 0.3) is 0 Å². The fourth-order valence-corrected chi connectivity index (χ4v) is 4.19. The average molecular weight is 433 g/mol. The number of hydrogen-bond donors (Lipinski definition) is 1. The highest BCUT2D eigenvalue weighted by Crippen LogP contribution is 2.30. The topological polar surface area (TPSA) is 84.9 Å². The average Bonchev–Trinajstić information content (AvgIpc) is 2.71. The number of carbonyl (C=O) groups is 1. The Morgan fingerprint density at radius 3 is 2.57 bits per heavy atom. The van der Waals surface area contributed by atoms with E-state index < -0.39 is 10.0 Å². The fourth-order valence-electron chi connectivity index (χ4n) is 3.23. The summed E-state index contributed by atoms with van der Waals surface area (Å²) in [6, 6.07) is 13.0. The summed E-state index contributed by atoms with van der Waals surface area (Å²) in [7, 11) is -3.44. The number of carbonyl (C=O) groups excluding carboxylic acids is 1. The highest BCUT2D eigenvalue weighted by Gasteiger charge is 2.21. The first-order valence-corrected chi connectivity index (χ1v) is 11.8. The minimum atomic E-state index is -3.44. The van der Waals surface area contributed by atoms with Crippen molar-refractivity contribution >= 4 is 21.6 Å². The summed E-state index contributed by atoms with van der Waals surface area (Å²) in [5.41, 5.74) is 2.74. The Morgan fingerprint density at radius 2 is 1.87 bits per heavy atom. The smallest absolute Gasteiger partial charge is 0.232 e. The van der Waals surface area contributed by atoms with Crippen LogP contribution < -0.4 is 19.1 Å². The fraction of sp³-hybridized carbons (Fsp3) is 0.409. The van der Waals surface area contributed by atoms with E-state index in [2.05, 4.69) is 5.32 Å². The van der Waals surface area contributed by atoms with Gasteiger partial charge in [-0.05, 0) is 55.7 Å². The van der Waals surface area contributed by atoms with Gasteiger partial charge >= 0.3 is 0 Å². The summed E-state index contributed by atoms with van der Waals surface area (Å²) in [5, 5.41) is 2.84. The monoisotopic (exact) mass is 432 g/mol. The Bertz CT molecular complexity index is 1010. The third-order valence-electron chi connectivity index (χ3n) is 5.04. The van der Waals surface area contributed by atoms with Crippen LogP contribution in [0, 0.1) is 13.8 Å². The van der Waals surface area contributed by atoms with Crippen molar-refractivity contribution in [2.45, 2.75) is 32.8 Å². The van der Waals surface area contributed by atoms with Crippen molar-refractivity contribution < 1.29 is 22.7 Å². The zero-order valence-corrected chi connectivity index (χ0v) is 18.4. The van der Waals surface area contributed by atoms with Crippen LogP contribution in [0.25, 0.3) is 0 Å². The molecular weight excluding hydrogens is 404 g/mol. The quantitative estimate of drug-likeness (QED) is 0.693. The maximum Gasteiger partial charge on any atom is 0.232 e. The molecule has 3 rings (SSSR count). The molecule has 1 aliphatic heterocycles. The summed E-state index contributed by atoms with van der Waals surface area (Å²) < 4.78 is 37.3. The number of fused-ring (bicyclic) bond motifs is 1. The zero-order valence-electron chi connectivity index (χ0n) is 17.6. The predicted octanol–water partition coefficient (Wildman–Crippen LogP) is 2.81. The Kier molecular flexibility index (Phi) is 6.87. The number of rotatable bonds is 8. The van der Waals surface area contributed by atoms with Crippen molar-refractivity contribution in [3.63, 3.8) is 0 Å². The molecule has 1 amide bonds. The number of sulfonamides is 1. The van der Waals surface area contributed by atoms with E-state index in [1.165, 1.54) is 10.6 Å². The lowest BCUT2D eigenvalue weighted by Gasteiger charge is -2.26. The number of amides is 1. The Balaban J connectivity index is 1.48. The van der Waals surface area contributed by atoms with Crippen molar-refractivity contribution in [3.8, 4) is 11.5 Å². The molecule has 1 N–H and O–H groups in total. The van der Waals surface area contributed by atoms with E-state index in [0.29, 0.717) is 36.8 Å². The second kappa shape index (κ2) is 9.38. The SMILES string of the molecule is Cc1ccc(N(CCCC(=O)NC[C@@H]2COc3ccccc3O2)S(C)(=O)=O)cc1C. The highest BCUT2D eigenvalue weighted by atomic mass is 32.2. The molecule has 0 saturated heterocycles. The summed E-state index contributed by atoms with van der Waals surface area (Å²) in [5.74, 6) is 1.22. The minimum Gasteiger partial charge on any atom is -0.486 e. The van der Waals surface area contributed by atoms with Gasteiger partial charge in [-0.2, -0.15) is 0 Å². The lowest BCUT2D eigenvalue weighted by molar-refractivity contribution is -0.121. The van der Waals surface area contributed by atoms with Gasteiger partial charge in [-0.15, -0.1) is 0 Å². The van der Waals surface area contributed by atoms with Gasteiger partial charge in [-0.3, -0.25) is 9.10 Å². The number of benzene rings is 2. The lowest BCUT2D eigenvalue weighted by Crippen LogP contribution is -2.41. The van der Waals surface area contributed by atoms with Gasteiger partial charge in [-0.25, -0.2) is 8.42 Å². The van der Waals surface area contributed by atoms with Crippen LogP contribution in [0.2, 0.25) is 0 Å². The van der Waals surface area contributed by atoms with E-state index in [1.54, 1.807) is 6.07 Å². The van der Waals surface area contributed by atoms with Gasteiger partial charge < -0.3 is 14.8 Å². The van der Waals surface area contributed by atoms with Crippen LogP contribution in [-0.4, -0.2) is 46.4 Å². The molecule has 0 radical (unpaired) electrons. The van der Waals surface area contributed by atoms with Crippen molar-refractivity contribution in [2.75, 3.05) is 30.3 Å². The highest BCUT2D eigenvalue weighted by molar-refractivity contribution is 7.92. The molecule has 0 fully saturated rings. The Labute approximate surface area is 178 Å². The molecule has 0 spiro atoms. The molecule has 0 aromatic heterocycles. The zero-order chi connectivity index (χ0) is 21.7.